The predicted octanol–water partition coefficient (Wildman–Crippen LogP) is 3.98. The number of thiophene rings is 1. The maximum Gasteiger partial charge on any atom is 0.336 e. The lowest BCUT2D eigenvalue weighted by molar-refractivity contribution is -0.120. The first kappa shape index (κ1) is 16.2. The number of carbonyl (C=O) groups excluding carboxylic acids is 1. The van der Waals surface area contributed by atoms with E-state index >= 15 is 0 Å². The van der Waals surface area contributed by atoms with Gasteiger partial charge >= 0.3 is 5.97 Å². The molecule has 0 aliphatic carbocycles. The van der Waals surface area contributed by atoms with Crippen molar-refractivity contribution < 1.29 is 14.7 Å². The number of hydrogen-bond acceptors (Lipinski definition) is 3. The van der Waals surface area contributed by atoms with Crippen LogP contribution in [0.15, 0.2) is 29.6 Å². The molecule has 0 unspecified atom stereocenters. The molecule has 1 aromatic heterocycles. The summed E-state index contributed by atoms with van der Waals surface area (Å²) in [5, 5.41) is 14.0. The van der Waals surface area contributed by atoms with Crippen LogP contribution in [0.4, 0.5) is 5.69 Å². The van der Waals surface area contributed by atoms with E-state index in [0.29, 0.717) is 11.3 Å². The first-order valence-corrected chi connectivity index (χ1v) is 7.81. The van der Waals surface area contributed by atoms with E-state index < -0.39 is 11.4 Å². The third-order valence-electron chi connectivity index (χ3n) is 3.75. The van der Waals surface area contributed by atoms with Gasteiger partial charge in [-0.25, -0.2) is 4.79 Å². The Morgan fingerprint density at radius 3 is 2.41 bits per heavy atom. The number of hydrogen-bond donors (Lipinski definition) is 2. The number of aromatic carboxylic acids is 1. The van der Waals surface area contributed by atoms with E-state index in [-0.39, 0.29) is 11.5 Å². The number of rotatable bonds is 4. The maximum atomic E-state index is 12.6. The zero-order valence-electron chi connectivity index (χ0n) is 13.1. The smallest absolute Gasteiger partial charge is 0.336 e. The van der Waals surface area contributed by atoms with Gasteiger partial charge < -0.3 is 10.4 Å². The molecular weight excluding hydrogens is 298 g/mol. The Morgan fingerprint density at radius 1 is 1.18 bits per heavy atom. The average molecular weight is 317 g/mol. The van der Waals surface area contributed by atoms with Gasteiger partial charge in [-0.2, -0.15) is 0 Å². The Kier molecular flexibility index (Phi) is 4.37. The van der Waals surface area contributed by atoms with Crippen LogP contribution in [-0.2, 0) is 10.2 Å². The third kappa shape index (κ3) is 3.04. The van der Waals surface area contributed by atoms with Crippen LogP contribution < -0.4 is 5.32 Å². The number of carbonyl (C=O) groups is 2. The molecule has 1 aromatic carbocycles. The summed E-state index contributed by atoms with van der Waals surface area (Å²) in [5.41, 5.74) is 1.60. The van der Waals surface area contributed by atoms with E-state index in [9.17, 15) is 14.7 Å². The Balaban J connectivity index is 2.33. The Hall–Kier alpha value is -2.14. The normalized spacial score (nSPS) is 11.3. The topological polar surface area (TPSA) is 66.4 Å². The van der Waals surface area contributed by atoms with Crippen molar-refractivity contribution in [3.63, 3.8) is 0 Å². The number of benzene rings is 1. The first-order chi connectivity index (χ1) is 10.2. The largest absolute Gasteiger partial charge is 0.478 e. The zero-order chi connectivity index (χ0) is 16.5. The second kappa shape index (κ2) is 5.93. The lowest BCUT2D eigenvalue weighted by Crippen LogP contribution is -2.34. The molecule has 0 aliphatic heterocycles. The number of aryl methyl sites for hydroxylation is 2. The van der Waals surface area contributed by atoms with Crippen molar-refractivity contribution in [2.75, 3.05) is 5.32 Å². The number of nitrogens with one attached hydrogen (secondary N) is 1. The van der Waals surface area contributed by atoms with Gasteiger partial charge in [0.05, 0.1) is 11.0 Å². The first-order valence-electron chi connectivity index (χ1n) is 6.93. The molecule has 5 heteroatoms. The Morgan fingerprint density at radius 2 is 1.86 bits per heavy atom. The van der Waals surface area contributed by atoms with Crippen LogP contribution in [0.25, 0.3) is 0 Å². The molecular formula is C17H19NO3S. The fraction of sp³-hybridized carbons (Fsp3) is 0.294. The number of carboxylic acid groups (broad SMARTS) is 1. The van der Waals surface area contributed by atoms with E-state index in [0.717, 1.165) is 10.4 Å². The molecule has 0 radical (unpaired) electrons. The van der Waals surface area contributed by atoms with E-state index in [1.165, 1.54) is 17.4 Å². The van der Waals surface area contributed by atoms with Crippen molar-refractivity contribution in [2.24, 2.45) is 0 Å². The Bertz CT molecular complexity index is 718. The number of amides is 1. The standard InChI is InChI=1S/C17H19NO3S/c1-10-8-11(2)13(9-12(10)15(19)20)18-16(21)17(3,4)14-6-5-7-22-14/h5-9H,1-4H3,(H,18,21)(H,19,20). The molecule has 0 bridgehead atoms. The number of carboxylic acids is 1. The molecule has 0 spiro atoms. The molecule has 2 rings (SSSR count). The summed E-state index contributed by atoms with van der Waals surface area (Å²) in [5.74, 6) is -1.15. The van der Waals surface area contributed by atoms with Crippen LogP contribution >= 0.6 is 11.3 Å². The fourth-order valence-corrected chi connectivity index (χ4v) is 3.09. The molecule has 22 heavy (non-hydrogen) atoms. The second-order valence-electron chi connectivity index (χ2n) is 5.84. The van der Waals surface area contributed by atoms with Crippen LogP contribution in [0.1, 0.15) is 40.2 Å². The zero-order valence-corrected chi connectivity index (χ0v) is 13.9. The van der Waals surface area contributed by atoms with Crippen molar-refractivity contribution in [3.8, 4) is 0 Å². The minimum atomic E-state index is -0.995. The van der Waals surface area contributed by atoms with Gasteiger partial charge in [0, 0.05) is 10.6 Å². The average Bonchev–Trinajstić information content (AvgIpc) is 2.95. The van der Waals surface area contributed by atoms with Crippen LogP contribution in [0.5, 0.6) is 0 Å². The highest BCUT2D eigenvalue weighted by molar-refractivity contribution is 7.10. The molecule has 0 fully saturated rings. The van der Waals surface area contributed by atoms with Gasteiger partial charge in [-0.1, -0.05) is 12.1 Å². The molecule has 0 saturated heterocycles. The number of anilines is 1. The summed E-state index contributed by atoms with van der Waals surface area (Å²) >= 11 is 1.53. The highest BCUT2D eigenvalue weighted by Crippen LogP contribution is 2.30. The monoisotopic (exact) mass is 317 g/mol. The molecule has 116 valence electrons. The van der Waals surface area contributed by atoms with Gasteiger partial charge in [-0.15, -0.1) is 11.3 Å². The summed E-state index contributed by atoms with van der Waals surface area (Å²) < 4.78 is 0. The molecule has 1 heterocycles. The van der Waals surface area contributed by atoms with Gasteiger partial charge in [0.1, 0.15) is 0 Å². The Labute approximate surface area is 133 Å². The van der Waals surface area contributed by atoms with Gasteiger partial charge in [-0.3, -0.25) is 4.79 Å². The summed E-state index contributed by atoms with van der Waals surface area (Å²) in [7, 11) is 0. The lowest BCUT2D eigenvalue weighted by Gasteiger charge is -2.23. The van der Waals surface area contributed by atoms with Gasteiger partial charge in [0.25, 0.3) is 0 Å². The highest BCUT2D eigenvalue weighted by atomic mass is 32.1. The third-order valence-corrected chi connectivity index (χ3v) is 4.95. The SMILES string of the molecule is Cc1cc(C)c(C(=O)O)cc1NC(=O)C(C)(C)c1cccs1. The fourth-order valence-electron chi connectivity index (χ4n) is 2.24. The van der Waals surface area contributed by atoms with Crippen molar-refractivity contribution in [1.82, 2.24) is 0 Å². The van der Waals surface area contributed by atoms with Crippen molar-refractivity contribution in [2.45, 2.75) is 33.1 Å². The van der Waals surface area contributed by atoms with E-state index in [1.807, 2.05) is 38.3 Å². The second-order valence-corrected chi connectivity index (χ2v) is 6.79. The van der Waals surface area contributed by atoms with E-state index in [4.69, 9.17) is 0 Å². The van der Waals surface area contributed by atoms with Gasteiger partial charge in [-0.05, 0) is 56.3 Å². The predicted molar refractivity (Wildman–Crippen MR) is 88.9 cm³/mol. The van der Waals surface area contributed by atoms with Crippen molar-refractivity contribution in [1.29, 1.82) is 0 Å². The summed E-state index contributed by atoms with van der Waals surface area (Å²) in [4.78, 5) is 24.8. The highest BCUT2D eigenvalue weighted by Gasteiger charge is 2.31. The molecule has 0 aliphatic rings. The molecule has 2 N–H and O–H groups in total. The van der Waals surface area contributed by atoms with E-state index in [1.54, 1.807) is 13.0 Å². The summed E-state index contributed by atoms with van der Waals surface area (Å²) in [6, 6.07) is 7.14. The van der Waals surface area contributed by atoms with Crippen LogP contribution in [0.3, 0.4) is 0 Å². The molecule has 2 aromatic rings. The minimum absolute atomic E-state index is 0.154. The van der Waals surface area contributed by atoms with Crippen molar-refractivity contribution in [3.05, 3.63) is 51.2 Å². The van der Waals surface area contributed by atoms with E-state index in [2.05, 4.69) is 5.32 Å². The lowest BCUT2D eigenvalue weighted by atomic mass is 9.90. The summed E-state index contributed by atoms with van der Waals surface area (Å²) in [6.45, 7) is 7.32. The minimum Gasteiger partial charge on any atom is -0.478 e. The molecule has 4 nitrogen and oxygen atoms in total. The molecule has 1 amide bonds. The van der Waals surface area contributed by atoms with Crippen molar-refractivity contribution >= 4 is 28.9 Å². The molecule has 0 atom stereocenters. The van der Waals surface area contributed by atoms with Gasteiger partial charge in [0.15, 0.2) is 0 Å². The van der Waals surface area contributed by atoms with Gasteiger partial charge in [0.2, 0.25) is 5.91 Å². The quantitative estimate of drug-likeness (QED) is 0.896. The summed E-state index contributed by atoms with van der Waals surface area (Å²) in [6.07, 6.45) is 0. The maximum absolute atomic E-state index is 12.6. The van der Waals surface area contributed by atoms with Crippen LogP contribution in [-0.4, -0.2) is 17.0 Å². The molecule has 0 saturated carbocycles. The van der Waals surface area contributed by atoms with Crippen LogP contribution in [0, 0.1) is 13.8 Å². The van der Waals surface area contributed by atoms with Crippen LogP contribution in [0.2, 0.25) is 0 Å².